The second kappa shape index (κ2) is 5.92. The Hall–Kier alpha value is -0.770. The summed E-state index contributed by atoms with van der Waals surface area (Å²) in [5.74, 6) is 0. The van der Waals surface area contributed by atoms with Crippen molar-refractivity contribution in [3.63, 3.8) is 0 Å². The molecule has 2 atom stereocenters. The molecule has 4 heteroatoms. The molecule has 2 heterocycles. The molecular weight excluding hydrogens is 270 g/mol. The molecule has 3 rings (SSSR count). The smallest absolute Gasteiger partial charge is 0.0642 e. The van der Waals surface area contributed by atoms with Gasteiger partial charge in [0.2, 0.25) is 0 Å². The van der Waals surface area contributed by atoms with E-state index in [1.807, 2.05) is 13.0 Å². The van der Waals surface area contributed by atoms with E-state index in [-0.39, 0.29) is 6.04 Å². The Morgan fingerprint density at radius 3 is 2.65 bits per heavy atom. The van der Waals surface area contributed by atoms with Gasteiger partial charge in [-0.05, 0) is 57.0 Å². The zero-order valence-electron chi connectivity index (χ0n) is 12.2. The Kier molecular flexibility index (Phi) is 4.20. The van der Waals surface area contributed by atoms with Crippen LogP contribution in [0.15, 0.2) is 18.2 Å². The van der Waals surface area contributed by atoms with Crippen molar-refractivity contribution in [3.8, 4) is 0 Å². The molecule has 0 amide bonds. The van der Waals surface area contributed by atoms with Crippen LogP contribution in [0.2, 0.25) is 5.02 Å². The third kappa shape index (κ3) is 2.80. The largest absolute Gasteiger partial charge is 0.369 e. The minimum atomic E-state index is 0.0393. The Morgan fingerprint density at radius 2 is 2.00 bits per heavy atom. The van der Waals surface area contributed by atoms with Gasteiger partial charge in [0.05, 0.1) is 10.7 Å². The van der Waals surface area contributed by atoms with Gasteiger partial charge < -0.3 is 10.6 Å². The number of nitrogens with zero attached hydrogens (tertiary/aromatic N) is 2. The maximum atomic E-state index is 6.45. The first-order valence-electron chi connectivity index (χ1n) is 7.69. The van der Waals surface area contributed by atoms with Crippen molar-refractivity contribution in [2.45, 2.75) is 38.3 Å². The van der Waals surface area contributed by atoms with Crippen LogP contribution in [-0.2, 0) is 0 Å². The summed E-state index contributed by atoms with van der Waals surface area (Å²) in [5, 5.41) is 0.835. The Morgan fingerprint density at radius 1 is 1.25 bits per heavy atom. The molecule has 0 aromatic heterocycles. The third-order valence-corrected chi connectivity index (χ3v) is 4.96. The van der Waals surface area contributed by atoms with E-state index in [0.717, 1.165) is 29.4 Å². The average molecular weight is 294 g/mol. The minimum Gasteiger partial charge on any atom is -0.369 e. The lowest BCUT2D eigenvalue weighted by atomic mass is 10.1. The van der Waals surface area contributed by atoms with E-state index in [9.17, 15) is 0 Å². The summed E-state index contributed by atoms with van der Waals surface area (Å²) in [6.45, 7) is 6.76. The molecule has 2 N–H and O–H groups in total. The fourth-order valence-corrected chi connectivity index (χ4v) is 3.74. The van der Waals surface area contributed by atoms with E-state index in [2.05, 4.69) is 21.9 Å². The van der Waals surface area contributed by atoms with Gasteiger partial charge in [-0.2, -0.15) is 0 Å². The maximum Gasteiger partial charge on any atom is 0.0642 e. The fraction of sp³-hybridized carbons (Fsp3) is 0.625. The topological polar surface area (TPSA) is 32.5 Å². The van der Waals surface area contributed by atoms with Crippen LogP contribution < -0.4 is 10.6 Å². The summed E-state index contributed by atoms with van der Waals surface area (Å²) in [4.78, 5) is 5.07. The van der Waals surface area contributed by atoms with Crippen molar-refractivity contribution in [2.75, 3.05) is 31.1 Å². The van der Waals surface area contributed by atoms with Crippen LogP contribution in [0, 0.1) is 0 Å². The van der Waals surface area contributed by atoms with E-state index in [4.69, 9.17) is 17.3 Å². The molecule has 1 aromatic carbocycles. The van der Waals surface area contributed by atoms with E-state index in [0.29, 0.717) is 6.04 Å². The van der Waals surface area contributed by atoms with Crippen molar-refractivity contribution in [1.29, 1.82) is 0 Å². The zero-order valence-corrected chi connectivity index (χ0v) is 12.9. The monoisotopic (exact) mass is 293 g/mol. The Balaban J connectivity index is 1.71. The van der Waals surface area contributed by atoms with E-state index in [1.54, 1.807) is 0 Å². The number of halogens is 1. The lowest BCUT2D eigenvalue weighted by molar-refractivity contribution is 0.260. The highest BCUT2D eigenvalue weighted by Gasteiger charge is 2.30. The first-order valence-corrected chi connectivity index (χ1v) is 8.07. The lowest BCUT2D eigenvalue weighted by Crippen LogP contribution is -2.35. The van der Waals surface area contributed by atoms with Crippen molar-refractivity contribution >= 4 is 17.3 Å². The highest BCUT2D eigenvalue weighted by molar-refractivity contribution is 6.33. The number of hydrogen-bond donors (Lipinski definition) is 1. The molecule has 2 fully saturated rings. The molecule has 1 unspecified atom stereocenters. The summed E-state index contributed by atoms with van der Waals surface area (Å²) in [6, 6.07) is 7.01. The lowest BCUT2D eigenvalue weighted by Gasteiger charge is -2.25. The second-order valence-electron chi connectivity index (χ2n) is 6.13. The van der Waals surface area contributed by atoms with Crippen LogP contribution in [0.1, 0.15) is 37.8 Å². The average Bonchev–Trinajstić information content (AvgIpc) is 3.09. The van der Waals surface area contributed by atoms with Gasteiger partial charge in [-0.3, -0.25) is 4.90 Å². The molecule has 110 valence electrons. The molecule has 20 heavy (non-hydrogen) atoms. The molecule has 0 spiro atoms. The van der Waals surface area contributed by atoms with Crippen molar-refractivity contribution in [3.05, 3.63) is 28.8 Å². The van der Waals surface area contributed by atoms with Gasteiger partial charge in [0.1, 0.15) is 0 Å². The van der Waals surface area contributed by atoms with Crippen LogP contribution in [0.3, 0.4) is 0 Å². The normalized spacial score (nSPS) is 25.4. The quantitative estimate of drug-likeness (QED) is 0.930. The third-order valence-electron chi connectivity index (χ3n) is 4.66. The minimum absolute atomic E-state index is 0.0393. The molecule has 0 radical (unpaired) electrons. The van der Waals surface area contributed by atoms with Crippen molar-refractivity contribution < 1.29 is 0 Å². The molecule has 3 nitrogen and oxygen atoms in total. The molecule has 1 aromatic rings. The van der Waals surface area contributed by atoms with Gasteiger partial charge in [-0.15, -0.1) is 0 Å². The molecule has 2 aliphatic heterocycles. The van der Waals surface area contributed by atoms with Crippen LogP contribution in [-0.4, -0.2) is 37.1 Å². The standard InChI is InChI=1S/C16H24ClN3/c1-12(18)13-4-5-16(15(17)10-13)20-9-6-14(11-20)19-7-2-3-8-19/h4-5,10,12,14H,2-3,6-9,11,18H2,1H3/t12-,14?/m0/s1. The molecule has 0 bridgehead atoms. The maximum absolute atomic E-state index is 6.45. The number of nitrogens with two attached hydrogens (primary N) is 1. The second-order valence-corrected chi connectivity index (χ2v) is 6.54. The van der Waals surface area contributed by atoms with Gasteiger partial charge in [-0.1, -0.05) is 17.7 Å². The summed E-state index contributed by atoms with van der Waals surface area (Å²) in [5.41, 5.74) is 8.18. The molecule has 2 aliphatic rings. The molecular formula is C16H24ClN3. The van der Waals surface area contributed by atoms with E-state index >= 15 is 0 Å². The van der Waals surface area contributed by atoms with Crippen molar-refractivity contribution in [1.82, 2.24) is 4.90 Å². The Labute approximate surface area is 126 Å². The molecule has 0 aliphatic carbocycles. The van der Waals surface area contributed by atoms with Crippen LogP contribution in [0.25, 0.3) is 0 Å². The number of likely N-dealkylation sites (tertiary alicyclic amines) is 1. The number of rotatable bonds is 3. The highest BCUT2D eigenvalue weighted by Crippen LogP contribution is 2.32. The fourth-order valence-electron chi connectivity index (χ4n) is 3.43. The summed E-state index contributed by atoms with van der Waals surface area (Å²) in [7, 11) is 0. The highest BCUT2D eigenvalue weighted by atomic mass is 35.5. The number of hydrogen-bond acceptors (Lipinski definition) is 3. The van der Waals surface area contributed by atoms with Crippen LogP contribution >= 0.6 is 11.6 Å². The van der Waals surface area contributed by atoms with Gasteiger partial charge in [-0.25, -0.2) is 0 Å². The van der Waals surface area contributed by atoms with Gasteiger partial charge in [0, 0.05) is 25.2 Å². The summed E-state index contributed by atoms with van der Waals surface area (Å²) >= 11 is 6.45. The van der Waals surface area contributed by atoms with Gasteiger partial charge in [0.15, 0.2) is 0 Å². The molecule has 0 saturated carbocycles. The SMILES string of the molecule is C[C@H](N)c1ccc(N2CCC(N3CCCC3)C2)c(Cl)c1. The van der Waals surface area contributed by atoms with Crippen LogP contribution in [0.5, 0.6) is 0 Å². The predicted molar refractivity (Wildman–Crippen MR) is 85.5 cm³/mol. The zero-order chi connectivity index (χ0) is 14.1. The summed E-state index contributed by atoms with van der Waals surface area (Å²) in [6.07, 6.45) is 3.98. The van der Waals surface area contributed by atoms with Crippen molar-refractivity contribution in [2.24, 2.45) is 5.73 Å². The van der Waals surface area contributed by atoms with Crippen LogP contribution in [0.4, 0.5) is 5.69 Å². The first kappa shape index (κ1) is 14.2. The van der Waals surface area contributed by atoms with E-state index < -0.39 is 0 Å². The summed E-state index contributed by atoms with van der Waals surface area (Å²) < 4.78 is 0. The number of benzene rings is 1. The van der Waals surface area contributed by atoms with E-state index in [1.165, 1.54) is 32.4 Å². The Bertz CT molecular complexity index is 469. The molecule has 2 saturated heterocycles. The first-order chi connectivity index (χ1) is 9.65. The number of anilines is 1. The van der Waals surface area contributed by atoms with Gasteiger partial charge >= 0.3 is 0 Å². The van der Waals surface area contributed by atoms with Gasteiger partial charge in [0.25, 0.3) is 0 Å². The predicted octanol–water partition coefficient (Wildman–Crippen LogP) is 3.03.